The number of amides is 1. The molecule has 9 heteroatoms. The normalized spacial score (nSPS) is 21.8. The third-order valence-corrected chi connectivity index (χ3v) is 4.60. The van der Waals surface area contributed by atoms with Gasteiger partial charge in [0.25, 0.3) is 0 Å². The van der Waals surface area contributed by atoms with Crippen LogP contribution in [0.25, 0.3) is 11.3 Å². The second kappa shape index (κ2) is 5.45. The first-order chi connectivity index (χ1) is 11.6. The fourth-order valence-electron chi connectivity index (χ4n) is 3.04. The van der Waals surface area contributed by atoms with Crippen LogP contribution in [-0.2, 0) is 11.3 Å². The van der Waals surface area contributed by atoms with Crippen molar-refractivity contribution in [3.8, 4) is 11.3 Å². The molecular formula is C15H18N6O3. The van der Waals surface area contributed by atoms with E-state index < -0.39 is 6.09 Å². The van der Waals surface area contributed by atoms with Crippen LogP contribution in [0, 0.1) is 0 Å². The number of carbonyl (C=O) groups is 1. The van der Waals surface area contributed by atoms with Crippen LogP contribution in [0.5, 0.6) is 0 Å². The van der Waals surface area contributed by atoms with Gasteiger partial charge in [0.2, 0.25) is 0 Å². The van der Waals surface area contributed by atoms with Crippen LogP contribution in [0.15, 0.2) is 24.8 Å². The molecule has 1 aliphatic heterocycles. The van der Waals surface area contributed by atoms with Crippen LogP contribution >= 0.6 is 0 Å². The molecule has 2 aliphatic rings. The van der Waals surface area contributed by atoms with Crippen LogP contribution < -0.4 is 5.73 Å². The first-order valence-electron chi connectivity index (χ1n) is 7.78. The molecule has 3 heterocycles. The van der Waals surface area contributed by atoms with Crippen molar-refractivity contribution in [2.75, 3.05) is 18.9 Å². The summed E-state index contributed by atoms with van der Waals surface area (Å²) in [7, 11) is 0. The van der Waals surface area contributed by atoms with E-state index in [0.717, 1.165) is 18.4 Å². The van der Waals surface area contributed by atoms with Crippen molar-refractivity contribution in [2.24, 2.45) is 0 Å². The van der Waals surface area contributed by atoms with Gasteiger partial charge in [0.05, 0.1) is 55.6 Å². The van der Waals surface area contributed by atoms with Crippen molar-refractivity contribution in [1.29, 1.82) is 0 Å². The van der Waals surface area contributed by atoms with Gasteiger partial charge in [-0.15, -0.1) is 0 Å². The van der Waals surface area contributed by atoms with Crippen molar-refractivity contribution < 1.29 is 14.6 Å². The van der Waals surface area contributed by atoms with Crippen molar-refractivity contribution in [3.05, 3.63) is 24.8 Å². The summed E-state index contributed by atoms with van der Waals surface area (Å²) in [5, 5.41) is 13.7. The molecule has 2 fully saturated rings. The molecule has 1 saturated carbocycles. The Hall–Kier alpha value is -2.68. The lowest BCUT2D eigenvalue weighted by atomic mass is 10.1. The van der Waals surface area contributed by atoms with E-state index in [1.165, 1.54) is 11.1 Å². The van der Waals surface area contributed by atoms with Gasteiger partial charge in [-0.3, -0.25) is 14.6 Å². The third kappa shape index (κ3) is 2.67. The summed E-state index contributed by atoms with van der Waals surface area (Å²) in [6.45, 7) is 1.32. The standard InChI is InChI=1S/C15H18N6O3/c16-13-5-17-12(4-18-13)10-3-19-20(6-10)7-11-8-21(14(22)23)15(1-2-15)9-24-11/h3-6,11H,1-2,7-9H2,(H2,16,18)(H,22,23)/t11-/m0/s1. The van der Waals surface area contributed by atoms with E-state index in [1.54, 1.807) is 17.1 Å². The molecule has 9 nitrogen and oxygen atoms in total. The molecule has 2 aromatic heterocycles. The monoisotopic (exact) mass is 330 g/mol. The van der Waals surface area contributed by atoms with Crippen LogP contribution in [0.3, 0.4) is 0 Å². The highest BCUT2D eigenvalue weighted by Crippen LogP contribution is 2.44. The second-order valence-electron chi connectivity index (χ2n) is 6.33. The number of anilines is 1. The number of hydrogen-bond acceptors (Lipinski definition) is 6. The Balaban J connectivity index is 1.44. The summed E-state index contributed by atoms with van der Waals surface area (Å²) in [5.41, 5.74) is 6.76. The minimum Gasteiger partial charge on any atom is -0.465 e. The molecular weight excluding hydrogens is 312 g/mol. The Morgan fingerprint density at radius 2 is 2.21 bits per heavy atom. The second-order valence-corrected chi connectivity index (χ2v) is 6.33. The Labute approximate surface area is 138 Å². The van der Waals surface area contributed by atoms with Crippen LogP contribution in [0.1, 0.15) is 12.8 Å². The molecule has 126 valence electrons. The molecule has 0 bridgehead atoms. The van der Waals surface area contributed by atoms with Crippen LogP contribution in [-0.4, -0.2) is 60.6 Å². The molecule has 0 aromatic carbocycles. The maximum atomic E-state index is 11.4. The number of rotatable bonds is 3. The van der Waals surface area contributed by atoms with Gasteiger partial charge in [-0.25, -0.2) is 9.78 Å². The average molecular weight is 330 g/mol. The highest BCUT2D eigenvalue weighted by atomic mass is 16.5. The zero-order valence-electron chi connectivity index (χ0n) is 13.0. The van der Waals surface area contributed by atoms with Crippen molar-refractivity contribution in [2.45, 2.75) is 31.0 Å². The Morgan fingerprint density at radius 1 is 1.38 bits per heavy atom. The lowest BCUT2D eigenvalue weighted by Crippen LogP contribution is -2.54. The third-order valence-electron chi connectivity index (χ3n) is 4.60. The van der Waals surface area contributed by atoms with E-state index in [9.17, 15) is 9.90 Å². The number of nitrogen functional groups attached to an aromatic ring is 1. The van der Waals surface area contributed by atoms with Gasteiger partial charge in [0.1, 0.15) is 5.82 Å². The molecule has 1 spiro atoms. The number of nitrogens with zero attached hydrogens (tertiary/aromatic N) is 5. The van der Waals surface area contributed by atoms with E-state index in [4.69, 9.17) is 10.5 Å². The van der Waals surface area contributed by atoms with E-state index in [0.29, 0.717) is 31.2 Å². The first kappa shape index (κ1) is 14.9. The molecule has 1 amide bonds. The summed E-state index contributed by atoms with van der Waals surface area (Å²) < 4.78 is 7.60. The quantitative estimate of drug-likeness (QED) is 0.855. The highest BCUT2D eigenvalue weighted by Gasteiger charge is 2.54. The predicted molar refractivity (Wildman–Crippen MR) is 84.1 cm³/mol. The molecule has 0 unspecified atom stereocenters. The van der Waals surface area contributed by atoms with Gasteiger partial charge in [0, 0.05) is 11.8 Å². The summed E-state index contributed by atoms with van der Waals surface area (Å²) in [6.07, 6.45) is 7.31. The van der Waals surface area contributed by atoms with Crippen molar-refractivity contribution in [3.63, 3.8) is 0 Å². The lowest BCUT2D eigenvalue weighted by Gasteiger charge is -2.38. The fourth-order valence-corrected chi connectivity index (χ4v) is 3.04. The van der Waals surface area contributed by atoms with Gasteiger partial charge in [0.15, 0.2) is 0 Å². The molecule has 4 rings (SSSR count). The van der Waals surface area contributed by atoms with E-state index >= 15 is 0 Å². The zero-order chi connectivity index (χ0) is 16.7. The molecule has 0 radical (unpaired) electrons. The van der Waals surface area contributed by atoms with Gasteiger partial charge in [-0.05, 0) is 12.8 Å². The zero-order valence-corrected chi connectivity index (χ0v) is 13.0. The molecule has 2 aromatic rings. The van der Waals surface area contributed by atoms with E-state index in [-0.39, 0.29) is 11.6 Å². The Bertz CT molecular complexity index is 755. The maximum Gasteiger partial charge on any atom is 0.407 e. The molecule has 3 N–H and O–H groups in total. The Morgan fingerprint density at radius 3 is 2.88 bits per heavy atom. The summed E-state index contributed by atoms with van der Waals surface area (Å²) in [6, 6.07) is 0. The summed E-state index contributed by atoms with van der Waals surface area (Å²) >= 11 is 0. The van der Waals surface area contributed by atoms with Crippen molar-refractivity contribution in [1.82, 2.24) is 24.6 Å². The highest BCUT2D eigenvalue weighted by molar-refractivity contribution is 5.67. The van der Waals surface area contributed by atoms with Gasteiger partial charge >= 0.3 is 6.09 Å². The molecule has 1 aliphatic carbocycles. The fraction of sp³-hybridized carbons (Fsp3) is 0.467. The Kier molecular flexibility index (Phi) is 3.38. The molecule has 1 saturated heterocycles. The van der Waals surface area contributed by atoms with Gasteiger partial charge < -0.3 is 15.6 Å². The van der Waals surface area contributed by atoms with Gasteiger partial charge in [-0.1, -0.05) is 0 Å². The smallest absolute Gasteiger partial charge is 0.407 e. The number of aromatic nitrogens is 4. The SMILES string of the molecule is Nc1cnc(-c2cnn(C[C@H]3CN(C(=O)O)C4(CC4)CO3)c2)cn1. The minimum atomic E-state index is -0.876. The largest absolute Gasteiger partial charge is 0.465 e. The van der Waals surface area contributed by atoms with E-state index in [1.807, 2.05) is 6.20 Å². The van der Waals surface area contributed by atoms with Crippen LogP contribution in [0.4, 0.5) is 10.6 Å². The van der Waals surface area contributed by atoms with Crippen LogP contribution in [0.2, 0.25) is 0 Å². The van der Waals surface area contributed by atoms with Gasteiger partial charge in [-0.2, -0.15) is 5.10 Å². The summed E-state index contributed by atoms with van der Waals surface area (Å²) in [4.78, 5) is 21.2. The number of ether oxygens (including phenoxy) is 1. The summed E-state index contributed by atoms with van der Waals surface area (Å²) in [5.74, 6) is 0.365. The first-order valence-corrected chi connectivity index (χ1v) is 7.78. The number of hydrogen-bond donors (Lipinski definition) is 2. The predicted octanol–water partition coefficient (Wildman–Crippen LogP) is 0.834. The molecule has 24 heavy (non-hydrogen) atoms. The maximum absolute atomic E-state index is 11.4. The number of carboxylic acid groups (broad SMARTS) is 1. The average Bonchev–Trinajstić information content (AvgIpc) is 3.18. The molecule has 1 atom stereocenters. The number of morpholine rings is 1. The minimum absolute atomic E-state index is 0.211. The van der Waals surface area contributed by atoms with Crippen molar-refractivity contribution >= 4 is 11.9 Å². The number of nitrogens with two attached hydrogens (primary N) is 1. The topological polar surface area (TPSA) is 119 Å². The lowest BCUT2D eigenvalue weighted by molar-refractivity contribution is -0.0704. The van der Waals surface area contributed by atoms with E-state index in [2.05, 4.69) is 15.1 Å².